The summed E-state index contributed by atoms with van der Waals surface area (Å²) in [6, 6.07) is 8.00. The maximum Gasteiger partial charge on any atom is 0.529 e. The van der Waals surface area contributed by atoms with Gasteiger partial charge in [-0.25, -0.2) is 4.57 Å². The molecule has 0 unspecified atom stereocenters. The van der Waals surface area contributed by atoms with Crippen LogP contribution in [0.2, 0.25) is 5.02 Å². The maximum absolute atomic E-state index is 11.3. The van der Waals surface area contributed by atoms with Gasteiger partial charge in [0.15, 0.2) is 0 Å². The summed E-state index contributed by atoms with van der Waals surface area (Å²) in [5, 5.41) is 0.729. The molecule has 2 N–H and O–H groups in total. The number of phosphoric acid groups is 1. The molecule has 0 saturated heterocycles. The third-order valence-electron chi connectivity index (χ3n) is 3.90. The lowest BCUT2D eigenvalue weighted by atomic mass is 10.1. The highest BCUT2D eigenvalue weighted by molar-refractivity contribution is 7.46. The molecule has 0 bridgehead atoms. The molecule has 0 atom stereocenters. The third kappa shape index (κ3) is 6.83. The van der Waals surface area contributed by atoms with Crippen LogP contribution in [0.1, 0.15) is 38.2 Å². The largest absolute Gasteiger partial charge is 0.529 e. The number of aromatic nitrogens is 2. The van der Waals surface area contributed by atoms with Gasteiger partial charge in [-0.3, -0.25) is 9.79 Å². The van der Waals surface area contributed by atoms with Crippen LogP contribution in [0.4, 0.5) is 0 Å². The van der Waals surface area contributed by atoms with Gasteiger partial charge in [-0.1, -0.05) is 37.1 Å². The second-order valence-electron chi connectivity index (χ2n) is 5.99. The minimum Gasteiger partial charge on any atom is -0.334 e. The zero-order valence-corrected chi connectivity index (χ0v) is 16.0. The van der Waals surface area contributed by atoms with Crippen LogP contribution in [0.25, 0.3) is 0 Å². The monoisotopic (exact) mass is 387 g/mol. The van der Waals surface area contributed by atoms with Crippen molar-refractivity contribution in [3.8, 4) is 6.01 Å². The number of nitrogens with zero attached hydrogens (tertiary/aromatic N) is 2. The van der Waals surface area contributed by atoms with E-state index in [1.165, 1.54) is 5.56 Å². The summed E-state index contributed by atoms with van der Waals surface area (Å²) in [4.78, 5) is 18.3. The quantitative estimate of drug-likeness (QED) is 0.370. The summed E-state index contributed by atoms with van der Waals surface area (Å²) < 4.78 is 19.7. The number of hydrogen-bond acceptors (Lipinski definition) is 2. The Bertz CT molecular complexity index is 712. The van der Waals surface area contributed by atoms with Crippen LogP contribution in [0.3, 0.4) is 0 Å². The highest BCUT2D eigenvalue weighted by Crippen LogP contribution is 2.36. The predicted octanol–water partition coefficient (Wildman–Crippen LogP) is 3.72. The van der Waals surface area contributed by atoms with Crippen molar-refractivity contribution in [2.45, 2.75) is 52.1 Å². The molecular formula is C17H25ClN2O4P+. The van der Waals surface area contributed by atoms with Crippen molar-refractivity contribution in [1.29, 1.82) is 0 Å². The van der Waals surface area contributed by atoms with Crippen LogP contribution in [0, 0.1) is 0 Å². The topological polar surface area (TPSA) is 75.6 Å². The smallest absolute Gasteiger partial charge is 0.334 e. The Morgan fingerprint density at radius 1 is 1.20 bits per heavy atom. The molecule has 0 radical (unpaired) electrons. The number of hydrogen-bond donors (Lipinski definition) is 2. The number of halogens is 1. The van der Waals surface area contributed by atoms with Gasteiger partial charge >= 0.3 is 13.8 Å². The Hall–Kier alpha value is -1.33. The van der Waals surface area contributed by atoms with Crippen molar-refractivity contribution in [3.63, 3.8) is 0 Å². The molecule has 0 amide bonds. The van der Waals surface area contributed by atoms with Crippen LogP contribution in [0.5, 0.6) is 6.01 Å². The zero-order valence-electron chi connectivity index (χ0n) is 14.3. The lowest BCUT2D eigenvalue weighted by Gasteiger charge is -2.07. The summed E-state index contributed by atoms with van der Waals surface area (Å²) in [5.41, 5.74) is 1.22. The first kappa shape index (κ1) is 20.0. The fraction of sp³-hybridized carbons (Fsp3) is 0.471. The molecule has 0 saturated carbocycles. The molecule has 25 heavy (non-hydrogen) atoms. The molecule has 8 heteroatoms. The number of benzene rings is 1. The average Bonchev–Trinajstić information content (AvgIpc) is 2.91. The standard InChI is InChI=1S/C17H24ClN2O4P/c1-2-3-11-19-13-14-20(17(19)24-25(21,22)23)12-5-4-6-15-7-9-16(18)10-8-15/h7-10,13-14H,2-6,11-12H2,1H3,(H-,21,22,23)/p+1. The molecule has 0 fully saturated rings. The SMILES string of the molecule is CCCCn1cc[n+](CCCCc2ccc(Cl)cc2)c1OP(=O)(O)O. The van der Waals surface area contributed by atoms with Gasteiger partial charge in [0.25, 0.3) is 0 Å². The molecule has 1 heterocycles. The summed E-state index contributed by atoms with van der Waals surface area (Å²) in [6.45, 7) is 3.38. The first-order valence-corrected chi connectivity index (χ1v) is 10.4. The number of phosphoric ester groups is 1. The van der Waals surface area contributed by atoms with Crippen molar-refractivity contribution >= 4 is 19.4 Å². The van der Waals surface area contributed by atoms with Gasteiger partial charge in [-0.2, -0.15) is 9.13 Å². The third-order valence-corrected chi connectivity index (χ3v) is 4.55. The Morgan fingerprint density at radius 2 is 1.92 bits per heavy atom. The summed E-state index contributed by atoms with van der Waals surface area (Å²) >= 11 is 5.88. The average molecular weight is 388 g/mol. The molecule has 0 aliphatic heterocycles. The number of unbranched alkanes of at least 4 members (excludes halogenated alkanes) is 2. The normalized spacial score (nSPS) is 11.7. The number of aryl methyl sites for hydroxylation is 3. The van der Waals surface area contributed by atoms with E-state index in [4.69, 9.17) is 25.9 Å². The van der Waals surface area contributed by atoms with Crippen molar-refractivity contribution in [3.05, 3.63) is 47.2 Å². The van der Waals surface area contributed by atoms with Crippen molar-refractivity contribution in [2.75, 3.05) is 0 Å². The van der Waals surface area contributed by atoms with Gasteiger partial charge in [0, 0.05) is 5.02 Å². The van der Waals surface area contributed by atoms with Crippen LogP contribution in [0.15, 0.2) is 36.7 Å². The van der Waals surface area contributed by atoms with E-state index >= 15 is 0 Å². The first-order chi connectivity index (χ1) is 11.9. The maximum atomic E-state index is 11.3. The zero-order chi connectivity index (χ0) is 18.3. The Morgan fingerprint density at radius 3 is 2.56 bits per heavy atom. The van der Waals surface area contributed by atoms with E-state index in [0.29, 0.717) is 13.1 Å². The van der Waals surface area contributed by atoms with Gasteiger partial charge in [0.05, 0.1) is 13.1 Å². The number of imidazole rings is 1. The van der Waals surface area contributed by atoms with E-state index in [9.17, 15) is 4.57 Å². The van der Waals surface area contributed by atoms with Gasteiger partial charge in [0.1, 0.15) is 12.4 Å². The first-order valence-electron chi connectivity index (χ1n) is 8.47. The molecule has 2 rings (SSSR count). The highest BCUT2D eigenvalue weighted by Gasteiger charge is 2.27. The Kier molecular flexibility index (Phi) is 7.51. The van der Waals surface area contributed by atoms with Gasteiger partial charge in [-0.15, -0.1) is 0 Å². The lowest BCUT2D eigenvalue weighted by Crippen LogP contribution is -2.34. The predicted molar refractivity (Wildman–Crippen MR) is 96.6 cm³/mol. The minimum absolute atomic E-state index is 0.216. The van der Waals surface area contributed by atoms with Crippen molar-refractivity contribution < 1.29 is 23.4 Å². The molecule has 2 aromatic rings. The fourth-order valence-corrected chi connectivity index (χ4v) is 3.14. The Balaban J connectivity index is 1.94. The van der Waals surface area contributed by atoms with E-state index in [0.717, 1.165) is 37.1 Å². The summed E-state index contributed by atoms with van der Waals surface area (Å²) in [5.74, 6) is 0. The van der Waals surface area contributed by atoms with E-state index in [1.807, 2.05) is 30.5 Å². The van der Waals surface area contributed by atoms with E-state index in [2.05, 4.69) is 6.92 Å². The summed E-state index contributed by atoms with van der Waals surface area (Å²) in [6.07, 6.45) is 8.30. The van der Waals surface area contributed by atoms with Crippen molar-refractivity contribution in [1.82, 2.24) is 4.57 Å². The van der Waals surface area contributed by atoms with Crippen LogP contribution >= 0.6 is 19.4 Å². The number of rotatable bonds is 10. The molecule has 0 aliphatic carbocycles. The van der Waals surface area contributed by atoms with Crippen LogP contribution < -0.4 is 9.09 Å². The molecule has 0 spiro atoms. The van der Waals surface area contributed by atoms with Gasteiger partial charge < -0.3 is 4.52 Å². The van der Waals surface area contributed by atoms with Crippen LogP contribution in [-0.2, 0) is 24.1 Å². The van der Waals surface area contributed by atoms with Crippen molar-refractivity contribution in [2.24, 2.45) is 0 Å². The fourth-order valence-electron chi connectivity index (χ4n) is 2.60. The van der Waals surface area contributed by atoms with Gasteiger partial charge in [0.2, 0.25) is 0 Å². The van der Waals surface area contributed by atoms with Gasteiger partial charge in [-0.05, 0) is 43.4 Å². The molecule has 0 aliphatic rings. The highest BCUT2D eigenvalue weighted by atomic mass is 35.5. The molecule has 6 nitrogen and oxygen atoms in total. The Labute approximate surface area is 153 Å². The van der Waals surface area contributed by atoms with E-state index in [1.54, 1.807) is 15.3 Å². The summed E-state index contributed by atoms with van der Waals surface area (Å²) in [7, 11) is -4.59. The van der Waals surface area contributed by atoms with Crippen LogP contribution in [-0.4, -0.2) is 14.4 Å². The molecule has 1 aromatic heterocycles. The molecule has 1 aromatic carbocycles. The minimum atomic E-state index is -4.59. The van der Waals surface area contributed by atoms with E-state index in [-0.39, 0.29) is 6.01 Å². The lowest BCUT2D eigenvalue weighted by molar-refractivity contribution is -0.699. The van der Waals surface area contributed by atoms with E-state index < -0.39 is 7.82 Å². The second-order valence-corrected chi connectivity index (χ2v) is 7.59. The molecule has 138 valence electrons. The second kappa shape index (κ2) is 9.39. The molecular weight excluding hydrogens is 363 g/mol.